The van der Waals surface area contributed by atoms with Gasteiger partial charge in [-0.1, -0.05) is 41.0 Å². The van der Waals surface area contributed by atoms with Crippen molar-refractivity contribution in [2.45, 2.75) is 136 Å². The molecule has 0 aromatic heterocycles. The zero-order valence-electron chi connectivity index (χ0n) is 25.5. The molecule has 5 saturated carbocycles. The molecule has 8 heteroatoms. The van der Waals surface area contributed by atoms with Gasteiger partial charge in [-0.15, -0.1) is 0 Å². The lowest BCUT2D eigenvalue weighted by Crippen LogP contribution is -2.68. The van der Waals surface area contributed by atoms with Crippen LogP contribution in [0, 0.1) is 56.7 Å². The summed E-state index contributed by atoms with van der Waals surface area (Å²) in [6.45, 7) is 12.0. The van der Waals surface area contributed by atoms with E-state index < -0.39 is 47.9 Å². The van der Waals surface area contributed by atoms with Crippen molar-refractivity contribution in [2.75, 3.05) is 0 Å². The van der Waals surface area contributed by atoms with E-state index in [0.29, 0.717) is 17.8 Å². The number of fused-ring (bicyclic) bond motifs is 7. The molecule has 0 radical (unpaired) electrons. The fourth-order valence-electron chi connectivity index (χ4n) is 13.0. The molecule has 0 spiro atoms. The van der Waals surface area contributed by atoms with Crippen LogP contribution in [0.15, 0.2) is 0 Å². The minimum Gasteiger partial charge on any atom is -0.481 e. The minimum atomic E-state index is -1.67. The van der Waals surface area contributed by atoms with E-state index in [1.165, 1.54) is 0 Å². The number of rotatable bonds is 3. The zero-order valence-corrected chi connectivity index (χ0v) is 25.5. The van der Waals surface area contributed by atoms with E-state index in [2.05, 4.69) is 34.6 Å². The molecule has 6 aliphatic rings. The normalized spacial score (nSPS) is 56.1. The molecule has 1 heterocycles. The molecular weight excluding hydrogens is 524 g/mol. The summed E-state index contributed by atoms with van der Waals surface area (Å²) in [7, 11) is 0. The van der Waals surface area contributed by atoms with Gasteiger partial charge in [0.1, 0.15) is 18.3 Å². The van der Waals surface area contributed by atoms with Crippen LogP contribution in [-0.4, -0.2) is 68.0 Å². The van der Waals surface area contributed by atoms with Gasteiger partial charge < -0.3 is 30.3 Å². The van der Waals surface area contributed by atoms with Crippen LogP contribution < -0.4 is 0 Å². The summed E-state index contributed by atoms with van der Waals surface area (Å²) in [5.74, 6) is -0.476. The van der Waals surface area contributed by atoms with Crippen molar-refractivity contribution in [3.05, 3.63) is 0 Å². The molecule has 0 bridgehead atoms. The summed E-state index contributed by atoms with van der Waals surface area (Å²) in [5.41, 5.74) is -0.522. The Hall–Kier alpha value is -1.22. The van der Waals surface area contributed by atoms with E-state index in [-0.39, 0.29) is 33.5 Å². The predicted octanol–water partition coefficient (Wildman–Crippen LogP) is 4.48. The van der Waals surface area contributed by atoms with Gasteiger partial charge in [-0.25, -0.2) is 4.79 Å². The van der Waals surface area contributed by atoms with Crippen molar-refractivity contribution < 1.29 is 39.9 Å². The second-order valence-corrected chi connectivity index (χ2v) is 16.4. The first-order chi connectivity index (χ1) is 19.1. The third-order valence-corrected chi connectivity index (χ3v) is 15.2. The molecule has 1 saturated heterocycles. The summed E-state index contributed by atoms with van der Waals surface area (Å²) in [6.07, 6.45) is 3.71. The topological polar surface area (TPSA) is 145 Å². The van der Waals surface area contributed by atoms with Crippen molar-refractivity contribution >= 4 is 11.9 Å². The highest BCUT2D eigenvalue weighted by Gasteiger charge is 2.71. The van der Waals surface area contributed by atoms with E-state index in [0.717, 1.165) is 70.6 Å². The lowest BCUT2D eigenvalue weighted by Gasteiger charge is -2.73. The van der Waals surface area contributed by atoms with Gasteiger partial charge in [-0.05, 0) is 115 Å². The first-order valence-corrected chi connectivity index (χ1v) is 16.2. The highest BCUT2D eigenvalue weighted by molar-refractivity contribution is 5.76. The SMILES string of the molecule is CC1(C)C(C2OC(C(=O)O)C(O)C(O)C2O)CCC2(C)C1CCC1(C)C2CCC2C3CCCC3(C(=O)O)CC[C@]21C. The third-order valence-electron chi connectivity index (χ3n) is 15.2. The van der Waals surface area contributed by atoms with E-state index in [9.17, 15) is 35.1 Å². The van der Waals surface area contributed by atoms with Crippen molar-refractivity contribution in [3.63, 3.8) is 0 Å². The van der Waals surface area contributed by atoms with Gasteiger partial charge in [0.15, 0.2) is 6.10 Å². The highest BCUT2D eigenvalue weighted by atomic mass is 16.6. The van der Waals surface area contributed by atoms with E-state index >= 15 is 0 Å². The van der Waals surface area contributed by atoms with E-state index in [4.69, 9.17) is 4.74 Å². The van der Waals surface area contributed by atoms with Gasteiger partial charge >= 0.3 is 11.9 Å². The highest BCUT2D eigenvalue weighted by Crippen LogP contribution is 2.77. The summed E-state index contributed by atoms with van der Waals surface area (Å²) in [6, 6.07) is 0. The van der Waals surface area contributed by atoms with Gasteiger partial charge in [-0.2, -0.15) is 0 Å². The molecule has 13 unspecified atom stereocenters. The number of ether oxygens (including phenoxy) is 1. The fraction of sp³-hybridized carbons (Fsp3) is 0.939. The molecule has 5 N–H and O–H groups in total. The molecule has 1 aliphatic heterocycles. The molecule has 6 fully saturated rings. The molecule has 41 heavy (non-hydrogen) atoms. The van der Waals surface area contributed by atoms with Crippen LogP contribution >= 0.6 is 0 Å². The van der Waals surface area contributed by atoms with Crippen LogP contribution in [0.5, 0.6) is 0 Å². The van der Waals surface area contributed by atoms with Crippen LogP contribution in [0.3, 0.4) is 0 Å². The molecule has 0 amide bonds. The van der Waals surface area contributed by atoms with Gasteiger partial charge in [0, 0.05) is 0 Å². The quantitative estimate of drug-likeness (QED) is 0.331. The van der Waals surface area contributed by atoms with Crippen molar-refractivity contribution in [1.29, 1.82) is 0 Å². The Bertz CT molecular complexity index is 1090. The van der Waals surface area contributed by atoms with E-state index in [1.54, 1.807) is 0 Å². The molecule has 0 aromatic carbocycles. The van der Waals surface area contributed by atoms with Crippen LogP contribution in [0.1, 0.15) is 105 Å². The maximum absolute atomic E-state index is 12.6. The predicted molar refractivity (Wildman–Crippen MR) is 151 cm³/mol. The number of hydrogen-bond donors (Lipinski definition) is 5. The maximum Gasteiger partial charge on any atom is 0.335 e. The zero-order chi connectivity index (χ0) is 29.9. The number of carboxylic acids is 2. The average Bonchev–Trinajstić information content (AvgIpc) is 3.34. The Morgan fingerprint density at radius 3 is 2.02 bits per heavy atom. The molecule has 232 valence electrons. The summed E-state index contributed by atoms with van der Waals surface area (Å²) >= 11 is 0. The lowest BCUT2D eigenvalue weighted by molar-refractivity contribution is -0.274. The van der Waals surface area contributed by atoms with Crippen molar-refractivity contribution in [1.82, 2.24) is 0 Å². The molecule has 8 nitrogen and oxygen atoms in total. The summed E-state index contributed by atoms with van der Waals surface area (Å²) in [4.78, 5) is 24.4. The van der Waals surface area contributed by atoms with E-state index in [1.807, 2.05) is 0 Å². The Morgan fingerprint density at radius 1 is 0.659 bits per heavy atom. The van der Waals surface area contributed by atoms with Gasteiger partial charge in [0.2, 0.25) is 0 Å². The average molecular weight is 577 g/mol. The fourth-order valence-corrected chi connectivity index (χ4v) is 13.0. The maximum atomic E-state index is 12.6. The molecule has 6 rings (SSSR count). The number of aliphatic hydroxyl groups is 3. The smallest absolute Gasteiger partial charge is 0.335 e. The second-order valence-electron chi connectivity index (χ2n) is 16.4. The number of hydrogen-bond acceptors (Lipinski definition) is 6. The van der Waals surface area contributed by atoms with Crippen LogP contribution in [0.2, 0.25) is 0 Å². The summed E-state index contributed by atoms with van der Waals surface area (Å²) in [5, 5.41) is 51.9. The molecule has 14 atom stereocenters. The molecule has 0 aromatic rings. The largest absolute Gasteiger partial charge is 0.481 e. The standard InChI is InChI=1S/C33H52O8/c1-29(2)19(25-23(35)22(34)24(36)26(41-25)27(37)38)10-13-30(3)20(29)11-14-32(5)21(30)9-8-17-18-7-6-12-33(18,28(39)40)16-15-31(17,32)4/h17-26,34-36H,6-16H2,1-5H3,(H,37,38)(H,39,40)/t17?,18?,19?,20?,21?,22?,23?,24?,25?,26?,30?,31-,32?,33?/m1/s1. The van der Waals surface area contributed by atoms with Gasteiger partial charge in [0.25, 0.3) is 0 Å². The summed E-state index contributed by atoms with van der Waals surface area (Å²) < 4.78 is 5.91. The monoisotopic (exact) mass is 576 g/mol. The van der Waals surface area contributed by atoms with Crippen molar-refractivity contribution in [2.24, 2.45) is 56.7 Å². The Labute approximate surface area is 244 Å². The number of aliphatic hydroxyl groups excluding tert-OH is 3. The van der Waals surface area contributed by atoms with Crippen LogP contribution in [0.25, 0.3) is 0 Å². The minimum absolute atomic E-state index is 0.0575. The second kappa shape index (κ2) is 9.39. The first kappa shape index (κ1) is 29.8. The van der Waals surface area contributed by atoms with Gasteiger partial charge in [0.05, 0.1) is 11.5 Å². The third kappa shape index (κ3) is 3.72. The van der Waals surface area contributed by atoms with Gasteiger partial charge in [-0.3, -0.25) is 4.79 Å². The lowest BCUT2D eigenvalue weighted by atomic mass is 9.32. The molecule has 5 aliphatic carbocycles. The number of carboxylic acid groups (broad SMARTS) is 2. The Balaban J connectivity index is 1.30. The van der Waals surface area contributed by atoms with Crippen molar-refractivity contribution in [3.8, 4) is 0 Å². The number of aliphatic carboxylic acids is 2. The van der Waals surface area contributed by atoms with Crippen LogP contribution in [-0.2, 0) is 14.3 Å². The first-order valence-electron chi connectivity index (χ1n) is 16.2. The Kier molecular flexibility index (Phi) is 6.83. The number of carbonyl (C=O) groups is 2. The molecular formula is C33H52O8. The van der Waals surface area contributed by atoms with Crippen LogP contribution in [0.4, 0.5) is 0 Å². The Morgan fingerprint density at radius 2 is 1.37 bits per heavy atom.